The molecule has 0 aliphatic heterocycles. The second-order valence-corrected chi connectivity index (χ2v) is 3.73. The molecule has 0 spiro atoms. The highest BCUT2D eigenvalue weighted by Gasteiger charge is 2.40. The number of alkyl halides is 4. The van der Waals surface area contributed by atoms with Crippen LogP contribution in [-0.4, -0.2) is 49.4 Å². The topological polar surface area (TPSA) is 41.5 Å². The summed E-state index contributed by atoms with van der Waals surface area (Å²) in [5, 5.41) is 11.3. The number of aliphatic hydroxyl groups excluding tert-OH is 1. The maximum absolute atomic E-state index is 12.4. The minimum atomic E-state index is -4.07. The summed E-state index contributed by atoms with van der Waals surface area (Å²) in [6.07, 6.45) is -4.78. The number of halogens is 4. The molecule has 0 aromatic rings. The Morgan fingerprint density at radius 2 is 1.88 bits per heavy atom. The van der Waals surface area contributed by atoms with Gasteiger partial charge in [0.25, 0.3) is 0 Å². The van der Waals surface area contributed by atoms with Crippen molar-refractivity contribution in [1.82, 2.24) is 5.32 Å². The van der Waals surface area contributed by atoms with Gasteiger partial charge in [0, 0.05) is 6.54 Å². The molecule has 16 heavy (non-hydrogen) atoms. The molecule has 0 radical (unpaired) electrons. The molecule has 0 aromatic carbocycles. The molecule has 7 heteroatoms. The van der Waals surface area contributed by atoms with Crippen molar-refractivity contribution in [3.8, 4) is 0 Å². The van der Waals surface area contributed by atoms with E-state index < -0.39 is 25.0 Å². The van der Waals surface area contributed by atoms with Gasteiger partial charge in [0.05, 0.1) is 25.4 Å². The van der Waals surface area contributed by atoms with Gasteiger partial charge in [0.1, 0.15) is 0 Å². The van der Waals surface area contributed by atoms with Crippen molar-refractivity contribution >= 4 is 0 Å². The maximum atomic E-state index is 12.4. The predicted molar refractivity (Wildman–Crippen MR) is 50.9 cm³/mol. The van der Waals surface area contributed by atoms with E-state index in [2.05, 4.69) is 5.32 Å². The van der Waals surface area contributed by atoms with E-state index in [1.165, 1.54) is 0 Å². The van der Waals surface area contributed by atoms with Crippen molar-refractivity contribution in [1.29, 1.82) is 0 Å². The molecule has 0 aliphatic rings. The maximum Gasteiger partial charge on any atom is 0.319 e. The van der Waals surface area contributed by atoms with Crippen LogP contribution in [0.1, 0.15) is 13.8 Å². The summed E-state index contributed by atoms with van der Waals surface area (Å²) >= 11 is 0. The van der Waals surface area contributed by atoms with Crippen molar-refractivity contribution < 1.29 is 27.4 Å². The van der Waals surface area contributed by atoms with Crippen molar-refractivity contribution in [3.05, 3.63) is 0 Å². The van der Waals surface area contributed by atoms with Crippen LogP contribution in [0.2, 0.25) is 0 Å². The van der Waals surface area contributed by atoms with Crippen LogP contribution >= 0.6 is 0 Å². The molecule has 0 fully saturated rings. The lowest BCUT2D eigenvalue weighted by Crippen LogP contribution is -2.42. The summed E-state index contributed by atoms with van der Waals surface area (Å²) < 4.78 is 53.2. The third-order valence-corrected chi connectivity index (χ3v) is 1.68. The van der Waals surface area contributed by atoms with E-state index in [4.69, 9.17) is 4.74 Å². The molecule has 0 amide bonds. The SMILES string of the molecule is CC(C)OCC(O)CNCC(F)(F)C(F)F. The average molecular weight is 247 g/mol. The van der Waals surface area contributed by atoms with E-state index >= 15 is 0 Å². The quantitative estimate of drug-likeness (QED) is 0.634. The summed E-state index contributed by atoms with van der Waals surface area (Å²) in [5.41, 5.74) is 0. The largest absolute Gasteiger partial charge is 0.389 e. The molecule has 0 aliphatic carbocycles. The molecule has 1 unspecified atom stereocenters. The van der Waals surface area contributed by atoms with Gasteiger partial charge in [0.2, 0.25) is 0 Å². The molecule has 0 heterocycles. The standard InChI is InChI=1S/C9H17F4NO2/c1-6(2)16-4-7(15)3-14-5-9(12,13)8(10)11/h6-8,14-15H,3-5H2,1-2H3. The lowest BCUT2D eigenvalue weighted by Gasteiger charge is -2.18. The Morgan fingerprint density at radius 3 is 2.31 bits per heavy atom. The highest BCUT2D eigenvalue weighted by molar-refractivity contribution is 4.73. The first kappa shape index (κ1) is 15.6. The highest BCUT2D eigenvalue weighted by Crippen LogP contribution is 2.21. The van der Waals surface area contributed by atoms with Gasteiger partial charge in [-0.25, -0.2) is 8.78 Å². The fourth-order valence-electron chi connectivity index (χ4n) is 0.845. The molecule has 0 aromatic heterocycles. The number of rotatable bonds is 8. The van der Waals surface area contributed by atoms with E-state index in [9.17, 15) is 22.7 Å². The van der Waals surface area contributed by atoms with Gasteiger partial charge >= 0.3 is 12.3 Å². The fourth-order valence-corrected chi connectivity index (χ4v) is 0.845. The van der Waals surface area contributed by atoms with Crippen molar-refractivity contribution in [2.75, 3.05) is 19.7 Å². The summed E-state index contributed by atoms with van der Waals surface area (Å²) in [4.78, 5) is 0. The molecule has 0 saturated heterocycles. The Balaban J connectivity index is 3.65. The van der Waals surface area contributed by atoms with E-state index in [0.717, 1.165) is 0 Å². The normalized spacial score (nSPS) is 14.8. The summed E-state index contributed by atoms with van der Waals surface area (Å²) in [6.45, 7) is 2.11. The smallest absolute Gasteiger partial charge is 0.319 e. The first-order valence-corrected chi connectivity index (χ1v) is 4.92. The van der Waals surface area contributed by atoms with Crippen molar-refractivity contribution in [3.63, 3.8) is 0 Å². The lowest BCUT2D eigenvalue weighted by atomic mass is 10.3. The van der Waals surface area contributed by atoms with Crippen molar-refractivity contribution in [2.45, 2.75) is 38.4 Å². The van der Waals surface area contributed by atoms with Crippen LogP contribution < -0.4 is 5.32 Å². The molecule has 1 atom stereocenters. The Bertz CT molecular complexity index is 190. The van der Waals surface area contributed by atoms with Gasteiger partial charge in [-0.1, -0.05) is 0 Å². The molecular weight excluding hydrogens is 230 g/mol. The van der Waals surface area contributed by atoms with Crippen LogP contribution in [0.25, 0.3) is 0 Å². The Labute approximate surface area is 91.8 Å². The predicted octanol–water partition coefficient (Wildman–Crippen LogP) is 1.26. The minimum absolute atomic E-state index is 0.0229. The Morgan fingerprint density at radius 1 is 1.31 bits per heavy atom. The number of hydrogen-bond donors (Lipinski definition) is 2. The third kappa shape index (κ3) is 6.97. The van der Waals surface area contributed by atoms with Crippen molar-refractivity contribution in [2.24, 2.45) is 0 Å². The summed E-state index contributed by atoms with van der Waals surface area (Å²) in [7, 11) is 0. The second kappa shape index (κ2) is 7.03. The minimum Gasteiger partial charge on any atom is -0.389 e. The average Bonchev–Trinajstić information content (AvgIpc) is 2.14. The van der Waals surface area contributed by atoms with Crippen LogP contribution in [0.15, 0.2) is 0 Å². The van der Waals surface area contributed by atoms with E-state index in [1.807, 2.05) is 0 Å². The summed E-state index contributed by atoms with van der Waals surface area (Å²) in [6, 6.07) is 0. The fraction of sp³-hybridized carbons (Fsp3) is 1.00. The molecule has 2 N–H and O–H groups in total. The zero-order chi connectivity index (χ0) is 12.8. The van der Waals surface area contributed by atoms with Crippen LogP contribution in [0.4, 0.5) is 17.6 Å². The van der Waals surface area contributed by atoms with E-state index in [1.54, 1.807) is 13.8 Å². The molecule has 0 bridgehead atoms. The van der Waals surface area contributed by atoms with Crippen LogP contribution in [0, 0.1) is 0 Å². The molecule has 98 valence electrons. The Hall–Kier alpha value is -0.400. The van der Waals surface area contributed by atoms with E-state index in [0.29, 0.717) is 0 Å². The monoisotopic (exact) mass is 247 g/mol. The van der Waals surface area contributed by atoms with Gasteiger partial charge in [-0.2, -0.15) is 8.78 Å². The first-order chi connectivity index (χ1) is 7.25. The number of nitrogens with one attached hydrogen (secondary N) is 1. The number of aliphatic hydroxyl groups is 1. The number of ether oxygens (including phenoxy) is 1. The molecular formula is C9H17F4NO2. The number of hydrogen-bond acceptors (Lipinski definition) is 3. The Kier molecular flexibility index (Phi) is 6.85. The second-order valence-electron chi connectivity index (χ2n) is 3.73. The molecule has 3 nitrogen and oxygen atoms in total. The van der Waals surface area contributed by atoms with Crippen LogP contribution in [0.5, 0.6) is 0 Å². The zero-order valence-electron chi connectivity index (χ0n) is 9.22. The first-order valence-electron chi connectivity index (χ1n) is 4.92. The molecule has 0 saturated carbocycles. The van der Waals surface area contributed by atoms with Gasteiger partial charge in [-0.3, -0.25) is 0 Å². The third-order valence-electron chi connectivity index (χ3n) is 1.68. The van der Waals surface area contributed by atoms with Gasteiger partial charge in [-0.05, 0) is 13.8 Å². The lowest BCUT2D eigenvalue weighted by molar-refractivity contribution is -0.126. The van der Waals surface area contributed by atoms with E-state index in [-0.39, 0.29) is 19.3 Å². The zero-order valence-corrected chi connectivity index (χ0v) is 9.22. The van der Waals surface area contributed by atoms with Gasteiger partial charge < -0.3 is 15.2 Å². The molecule has 0 rings (SSSR count). The van der Waals surface area contributed by atoms with Crippen LogP contribution in [-0.2, 0) is 4.74 Å². The van der Waals surface area contributed by atoms with Gasteiger partial charge in [0.15, 0.2) is 0 Å². The van der Waals surface area contributed by atoms with Gasteiger partial charge in [-0.15, -0.1) is 0 Å². The van der Waals surface area contributed by atoms with Crippen LogP contribution in [0.3, 0.4) is 0 Å². The highest BCUT2D eigenvalue weighted by atomic mass is 19.3. The summed E-state index contributed by atoms with van der Waals surface area (Å²) in [5.74, 6) is -4.07.